The van der Waals surface area contributed by atoms with Crippen LogP contribution in [0.1, 0.15) is 31.4 Å². The number of halogens is 1. The molecule has 1 aliphatic heterocycles. The maximum absolute atomic E-state index is 6.19. The van der Waals surface area contributed by atoms with E-state index in [1.165, 1.54) is 30.0 Å². The number of anilines is 1. The zero-order chi connectivity index (χ0) is 13.9. The minimum absolute atomic E-state index is 0.375. The van der Waals surface area contributed by atoms with Gasteiger partial charge in [-0.3, -0.25) is 0 Å². The minimum Gasteiger partial charge on any atom is -0.350 e. The van der Waals surface area contributed by atoms with Crippen molar-refractivity contribution in [2.45, 2.75) is 38.6 Å². The zero-order valence-electron chi connectivity index (χ0n) is 11.8. The van der Waals surface area contributed by atoms with Crippen molar-refractivity contribution in [3.63, 3.8) is 0 Å². The van der Waals surface area contributed by atoms with Crippen LogP contribution in [-0.2, 0) is 0 Å². The highest BCUT2D eigenvalue weighted by atomic mass is 35.5. The van der Waals surface area contributed by atoms with Gasteiger partial charge in [0.05, 0.1) is 5.69 Å². The van der Waals surface area contributed by atoms with Crippen LogP contribution in [0, 0.1) is 6.92 Å². The van der Waals surface area contributed by atoms with Gasteiger partial charge in [0.1, 0.15) is 0 Å². The van der Waals surface area contributed by atoms with E-state index in [1.54, 1.807) is 0 Å². The van der Waals surface area contributed by atoms with Gasteiger partial charge in [-0.25, -0.2) is 0 Å². The first-order valence-corrected chi connectivity index (χ1v) is 7.89. The van der Waals surface area contributed by atoms with Crippen LogP contribution < -0.4 is 4.90 Å². The number of fused-ring (bicyclic) bond motifs is 1. The van der Waals surface area contributed by atoms with Gasteiger partial charge in [-0.15, -0.1) is 16.7 Å². The molecule has 1 fully saturated rings. The van der Waals surface area contributed by atoms with Gasteiger partial charge in [-0.1, -0.05) is 37.1 Å². The van der Waals surface area contributed by atoms with Crippen molar-refractivity contribution in [2.24, 2.45) is 0 Å². The summed E-state index contributed by atoms with van der Waals surface area (Å²) >= 11 is 6.19. The van der Waals surface area contributed by atoms with Crippen LogP contribution in [-0.4, -0.2) is 28.7 Å². The molecule has 106 valence electrons. The van der Waals surface area contributed by atoms with E-state index in [9.17, 15) is 0 Å². The summed E-state index contributed by atoms with van der Waals surface area (Å²) in [6.07, 6.45) is 4.89. The van der Waals surface area contributed by atoms with Gasteiger partial charge < -0.3 is 4.90 Å². The fraction of sp³-hybridized carbons (Fsp3) is 0.500. The SMILES string of the molecule is Cc1nnc(N2CCCCCC2CCl)c2ccccc12. The van der Waals surface area contributed by atoms with E-state index in [0.717, 1.165) is 24.5 Å². The van der Waals surface area contributed by atoms with Crippen molar-refractivity contribution < 1.29 is 0 Å². The Hall–Kier alpha value is -1.35. The van der Waals surface area contributed by atoms with Gasteiger partial charge >= 0.3 is 0 Å². The van der Waals surface area contributed by atoms with E-state index in [4.69, 9.17) is 11.6 Å². The normalized spacial score (nSPS) is 20.1. The maximum Gasteiger partial charge on any atom is 0.159 e. The van der Waals surface area contributed by atoms with Gasteiger partial charge in [0.2, 0.25) is 0 Å². The van der Waals surface area contributed by atoms with Crippen LogP contribution in [0.2, 0.25) is 0 Å². The molecule has 1 aliphatic rings. The summed E-state index contributed by atoms with van der Waals surface area (Å²) in [5.74, 6) is 1.66. The lowest BCUT2D eigenvalue weighted by atomic mass is 10.1. The second-order valence-electron chi connectivity index (χ2n) is 5.51. The zero-order valence-corrected chi connectivity index (χ0v) is 12.6. The number of alkyl halides is 1. The van der Waals surface area contributed by atoms with Crippen molar-refractivity contribution in [3.8, 4) is 0 Å². The summed E-state index contributed by atoms with van der Waals surface area (Å²) in [7, 11) is 0. The largest absolute Gasteiger partial charge is 0.350 e. The first-order chi connectivity index (χ1) is 9.81. The molecule has 20 heavy (non-hydrogen) atoms. The highest BCUT2D eigenvalue weighted by Gasteiger charge is 2.23. The summed E-state index contributed by atoms with van der Waals surface area (Å²) in [4.78, 5) is 2.37. The number of aromatic nitrogens is 2. The molecule has 0 aliphatic carbocycles. The molecule has 3 rings (SSSR count). The Morgan fingerprint density at radius 3 is 2.75 bits per heavy atom. The Kier molecular flexibility index (Phi) is 4.06. The lowest BCUT2D eigenvalue weighted by molar-refractivity contribution is 0.614. The Labute approximate surface area is 124 Å². The number of benzene rings is 1. The van der Waals surface area contributed by atoms with E-state index in [0.29, 0.717) is 11.9 Å². The quantitative estimate of drug-likeness (QED) is 0.785. The number of hydrogen-bond donors (Lipinski definition) is 0. The molecule has 4 heteroatoms. The first kappa shape index (κ1) is 13.6. The number of nitrogens with zero attached hydrogens (tertiary/aromatic N) is 3. The van der Waals surface area contributed by atoms with Crippen LogP contribution in [0.25, 0.3) is 10.8 Å². The summed E-state index contributed by atoms with van der Waals surface area (Å²) in [5.41, 5.74) is 0.988. The third kappa shape index (κ3) is 2.47. The minimum atomic E-state index is 0.375. The topological polar surface area (TPSA) is 29.0 Å². The van der Waals surface area contributed by atoms with Crippen molar-refractivity contribution >= 4 is 28.2 Å². The van der Waals surface area contributed by atoms with Crippen molar-refractivity contribution in [1.82, 2.24) is 10.2 Å². The Bertz CT molecular complexity index is 599. The molecule has 2 aromatic rings. The van der Waals surface area contributed by atoms with Crippen LogP contribution >= 0.6 is 11.6 Å². The molecule has 0 bridgehead atoms. The molecular formula is C16H20ClN3. The van der Waals surface area contributed by atoms with Crippen LogP contribution in [0.5, 0.6) is 0 Å². The molecular weight excluding hydrogens is 270 g/mol. The lowest BCUT2D eigenvalue weighted by Gasteiger charge is -2.30. The highest BCUT2D eigenvalue weighted by molar-refractivity contribution is 6.18. The van der Waals surface area contributed by atoms with Gasteiger partial charge in [0.25, 0.3) is 0 Å². The standard InChI is InChI=1S/C16H20ClN3/c1-12-14-8-4-5-9-15(14)16(19-18-12)20-10-6-2-3-7-13(20)11-17/h4-5,8-9,13H,2-3,6-7,10-11H2,1H3. The average molecular weight is 290 g/mol. The molecule has 2 heterocycles. The van der Waals surface area contributed by atoms with E-state index in [-0.39, 0.29) is 0 Å². The third-order valence-electron chi connectivity index (χ3n) is 4.18. The average Bonchev–Trinajstić information content (AvgIpc) is 2.73. The molecule has 0 saturated carbocycles. The molecule has 0 amide bonds. The monoisotopic (exact) mass is 289 g/mol. The first-order valence-electron chi connectivity index (χ1n) is 7.36. The molecule has 1 aromatic carbocycles. The van der Waals surface area contributed by atoms with E-state index in [1.807, 2.05) is 6.92 Å². The predicted molar refractivity (Wildman–Crippen MR) is 84.6 cm³/mol. The molecule has 1 saturated heterocycles. The van der Waals surface area contributed by atoms with Crippen LogP contribution in [0.3, 0.4) is 0 Å². The van der Waals surface area contributed by atoms with Crippen LogP contribution in [0.15, 0.2) is 24.3 Å². The van der Waals surface area contributed by atoms with Gasteiger partial charge in [-0.05, 0) is 19.8 Å². The second kappa shape index (κ2) is 5.96. The Balaban J connectivity index is 2.10. The number of rotatable bonds is 2. The second-order valence-corrected chi connectivity index (χ2v) is 5.81. The summed E-state index contributed by atoms with van der Waals surface area (Å²) < 4.78 is 0. The maximum atomic E-state index is 6.19. The number of hydrogen-bond acceptors (Lipinski definition) is 3. The smallest absolute Gasteiger partial charge is 0.159 e. The molecule has 0 spiro atoms. The summed E-state index contributed by atoms with van der Waals surface area (Å²) in [5, 5.41) is 11.2. The molecule has 0 N–H and O–H groups in total. The van der Waals surface area contributed by atoms with E-state index < -0.39 is 0 Å². The highest BCUT2D eigenvalue weighted by Crippen LogP contribution is 2.30. The van der Waals surface area contributed by atoms with Crippen molar-refractivity contribution in [1.29, 1.82) is 0 Å². The molecule has 1 atom stereocenters. The Morgan fingerprint density at radius 1 is 1.15 bits per heavy atom. The molecule has 3 nitrogen and oxygen atoms in total. The van der Waals surface area contributed by atoms with E-state index in [2.05, 4.69) is 39.4 Å². The van der Waals surface area contributed by atoms with Gasteiger partial charge in [0, 0.05) is 29.2 Å². The molecule has 1 unspecified atom stereocenters. The predicted octanol–water partition coefficient (Wildman–Crippen LogP) is 3.93. The van der Waals surface area contributed by atoms with Crippen molar-refractivity contribution in [2.75, 3.05) is 17.3 Å². The Morgan fingerprint density at radius 2 is 1.95 bits per heavy atom. The summed E-state index contributed by atoms with van der Waals surface area (Å²) in [6.45, 7) is 3.04. The fourth-order valence-corrected chi connectivity index (χ4v) is 3.37. The number of aryl methyl sites for hydroxylation is 1. The van der Waals surface area contributed by atoms with Gasteiger partial charge in [-0.2, -0.15) is 5.10 Å². The third-order valence-corrected chi connectivity index (χ3v) is 4.54. The van der Waals surface area contributed by atoms with Crippen molar-refractivity contribution in [3.05, 3.63) is 30.0 Å². The summed E-state index contributed by atoms with van der Waals surface area (Å²) in [6, 6.07) is 8.77. The fourth-order valence-electron chi connectivity index (χ4n) is 3.05. The molecule has 1 aromatic heterocycles. The van der Waals surface area contributed by atoms with E-state index >= 15 is 0 Å². The lowest BCUT2D eigenvalue weighted by Crippen LogP contribution is -2.37. The van der Waals surface area contributed by atoms with Gasteiger partial charge in [0.15, 0.2) is 5.82 Å². The van der Waals surface area contributed by atoms with Crippen LogP contribution in [0.4, 0.5) is 5.82 Å². The molecule has 0 radical (unpaired) electrons.